The zero-order valence-corrected chi connectivity index (χ0v) is 21.6. The third-order valence-electron chi connectivity index (χ3n) is 6.54. The van der Waals surface area contributed by atoms with E-state index in [0.717, 1.165) is 29.0 Å². The Kier molecular flexibility index (Phi) is 7.24. The third kappa shape index (κ3) is 6.03. The molecule has 200 valence electrons. The summed E-state index contributed by atoms with van der Waals surface area (Å²) in [6.07, 6.45) is -4.12. The number of hydrogen-bond donors (Lipinski definition) is 0. The lowest BCUT2D eigenvalue weighted by Gasteiger charge is -2.30. The molecular weight excluding hydrogens is 505 g/mol. The average molecular weight is 533 g/mol. The molecule has 0 unspecified atom stereocenters. The van der Waals surface area contributed by atoms with Crippen LogP contribution in [0.25, 0.3) is 0 Å². The Hall–Kier alpha value is -4.40. The second-order valence-electron chi connectivity index (χ2n) is 9.57. The van der Waals surface area contributed by atoms with Gasteiger partial charge in [0.05, 0.1) is 23.4 Å². The minimum absolute atomic E-state index is 0.0189. The Bertz CT molecular complexity index is 1490. The Morgan fingerprint density at radius 3 is 2.51 bits per heavy atom. The smallest absolute Gasteiger partial charge is 0.416 e. The molecule has 0 atom stereocenters. The van der Waals surface area contributed by atoms with Gasteiger partial charge in [-0.15, -0.1) is 0 Å². The summed E-state index contributed by atoms with van der Waals surface area (Å²) in [6.45, 7) is 2.97. The van der Waals surface area contributed by atoms with Crippen LogP contribution in [0.4, 0.5) is 19.1 Å². The van der Waals surface area contributed by atoms with Gasteiger partial charge < -0.3 is 14.5 Å². The van der Waals surface area contributed by atoms with E-state index in [2.05, 4.69) is 0 Å². The van der Waals surface area contributed by atoms with Gasteiger partial charge in [0.1, 0.15) is 5.75 Å². The Balaban J connectivity index is 1.47. The first-order chi connectivity index (χ1) is 18.7. The first-order valence-corrected chi connectivity index (χ1v) is 12.5. The largest absolute Gasteiger partial charge is 0.438 e. The second kappa shape index (κ2) is 10.8. The normalized spacial score (nSPS) is 13.1. The monoisotopic (exact) mass is 532 g/mol. The first-order valence-electron chi connectivity index (χ1n) is 12.5. The van der Waals surface area contributed by atoms with E-state index < -0.39 is 17.6 Å². The molecule has 1 aromatic heterocycles. The standard InChI is InChI=1S/C30H27F3N4O2/c1-20-8-6-13-24(16-20)39-27-25-19-37(28(38)22-11-7-12-23(17-22)30(31,32)33)15-14-26(25)34-29(35-27)36(2)18-21-9-4-3-5-10-21/h3-13,16-17H,14-15,18-19H2,1-2H3. The summed E-state index contributed by atoms with van der Waals surface area (Å²) in [5.41, 5.74) is 2.62. The highest BCUT2D eigenvalue weighted by molar-refractivity contribution is 5.94. The Morgan fingerprint density at radius 2 is 1.77 bits per heavy atom. The van der Waals surface area contributed by atoms with Gasteiger partial charge in [-0.25, -0.2) is 4.98 Å². The van der Waals surface area contributed by atoms with Gasteiger partial charge in [0, 0.05) is 32.1 Å². The number of fused-ring (bicyclic) bond motifs is 1. The SMILES string of the molecule is Cc1cccc(Oc2nc(N(C)Cc3ccccc3)nc3c2CN(C(=O)c2cccc(C(F)(F)F)c2)CC3)c1. The van der Waals surface area contributed by atoms with Crippen molar-refractivity contribution in [3.63, 3.8) is 0 Å². The molecule has 1 aliphatic rings. The maximum atomic E-state index is 13.3. The van der Waals surface area contributed by atoms with Crippen LogP contribution in [0.1, 0.15) is 38.3 Å². The van der Waals surface area contributed by atoms with Crippen molar-refractivity contribution >= 4 is 11.9 Å². The topological polar surface area (TPSA) is 58.6 Å². The predicted octanol–water partition coefficient (Wildman–Crippen LogP) is 6.43. The van der Waals surface area contributed by atoms with Crippen LogP contribution in [0.15, 0.2) is 78.9 Å². The molecule has 0 aliphatic carbocycles. The van der Waals surface area contributed by atoms with Gasteiger partial charge in [-0.2, -0.15) is 18.2 Å². The Labute approximate surface area is 224 Å². The maximum Gasteiger partial charge on any atom is 0.416 e. The van der Waals surface area contributed by atoms with Crippen molar-refractivity contribution in [2.75, 3.05) is 18.5 Å². The molecule has 5 rings (SSSR count). The van der Waals surface area contributed by atoms with Gasteiger partial charge in [-0.3, -0.25) is 4.79 Å². The van der Waals surface area contributed by atoms with Crippen LogP contribution < -0.4 is 9.64 Å². The molecule has 0 radical (unpaired) electrons. The van der Waals surface area contributed by atoms with Crippen molar-refractivity contribution in [1.82, 2.24) is 14.9 Å². The zero-order chi connectivity index (χ0) is 27.6. The molecule has 0 saturated carbocycles. The van der Waals surface area contributed by atoms with Crippen LogP contribution in [0.3, 0.4) is 0 Å². The number of amides is 1. The van der Waals surface area contributed by atoms with Crippen LogP contribution >= 0.6 is 0 Å². The molecule has 39 heavy (non-hydrogen) atoms. The molecule has 0 fully saturated rings. The summed E-state index contributed by atoms with van der Waals surface area (Å²) in [7, 11) is 1.90. The van der Waals surface area contributed by atoms with Gasteiger partial charge in [-0.05, 0) is 48.4 Å². The van der Waals surface area contributed by atoms with Gasteiger partial charge in [0.15, 0.2) is 0 Å². The lowest BCUT2D eigenvalue weighted by molar-refractivity contribution is -0.137. The average Bonchev–Trinajstić information content (AvgIpc) is 2.92. The number of benzene rings is 3. The highest BCUT2D eigenvalue weighted by Crippen LogP contribution is 2.33. The van der Waals surface area contributed by atoms with Crippen LogP contribution in [0.5, 0.6) is 11.6 Å². The van der Waals surface area contributed by atoms with E-state index in [-0.39, 0.29) is 12.1 Å². The van der Waals surface area contributed by atoms with E-state index in [0.29, 0.717) is 42.7 Å². The Morgan fingerprint density at radius 1 is 1.00 bits per heavy atom. The van der Waals surface area contributed by atoms with E-state index in [9.17, 15) is 18.0 Å². The van der Waals surface area contributed by atoms with E-state index in [1.165, 1.54) is 17.0 Å². The van der Waals surface area contributed by atoms with Crippen molar-refractivity contribution in [3.8, 4) is 11.6 Å². The summed E-state index contributed by atoms with van der Waals surface area (Å²) in [5, 5.41) is 0. The number of rotatable bonds is 6. The number of anilines is 1. The zero-order valence-electron chi connectivity index (χ0n) is 21.6. The molecule has 4 aromatic rings. The van der Waals surface area contributed by atoms with E-state index in [4.69, 9.17) is 14.7 Å². The van der Waals surface area contributed by atoms with Crippen LogP contribution in [0.2, 0.25) is 0 Å². The lowest BCUT2D eigenvalue weighted by atomic mass is 10.0. The van der Waals surface area contributed by atoms with Gasteiger partial charge >= 0.3 is 6.18 Å². The minimum atomic E-state index is -4.53. The van der Waals surface area contributed by atoms with Crippen molar-refractivity contribution < 1.29 is 22.7 Å². The predicted molar refractivity (Wildman–Crippen MR) is 142 cm³/mol. The number of carbonyl (C=O) groups excluding carboxylic acids is 1. The summed E-state index contributed by atoms with van der Waals surface area (Å²) in [6, 6.07) is 22.0. The number of carbonyl (C=O) groups is 1. The van der Waals surface area contributed by atoms with Crippen molar-refractivity contribution in [2.24, 2.45) is 0 Å². The number of nitrogens with zero attached hydrogens (tertiary/aromatic N) is 4. The summed E-state index contributed by atoms with van der Waals surface area (Å²) < 4.78 is 45.9. The number of ether oxygens (including phenoxy) is 1. The molecular formula is C30H27F3N4O2. The van der Waals surface area contributed by atoms with E-state index in [1.807, 2.05) is 73.5 Å². The molecule has 0 spiro atoms. The quantitative estimate of drug-likeness (QED) is 0.286. The van der Waals surface area contributed by atoms with E-state index in [1.54, 1.807) is 0 Å². The summed E-state index contributed by atoms with van der Waals surface area (Å²) in [4.78, 5) is 26.2. The molecule has 9 heteroatoms. The van der Waals surface area contributed by atoms with Gasteiger partial charge in [0.25, 0.3) is 5.91 Å². The molecule has 2 heterocycles. The molecule has 1 aliphatic heterocycles. The highest BCUT2D eigenvalue weighted by atomic mass is 19.4. The second-order valence-corrected chi connectivity index (χ2v) is 9.57. The molecule has 0 N–H and O–H groups in total. The number of alkyl halides is 3. The number of hydrogen-bond acceptors (Lipinski definition) is 5. The van der Waals surface area contributed by atoms with Crippen molar-refractivity contribution in [1.29, 1.82) is 0 Å². The van der Waals surface area contributed by atoms with Crippen LogP contribution in [-0.4, -0.2) is 34.4 Å². The minimum Gasteiger partial charge on any atom is -0.438 e. The molecule has 0 bridgehead atoms. The fraction of sp³-hybridized carbons (Fsp3) is 0.233. The molecule has 1 amide bonds. The van der Waals surface area contributed by atoms with E-state index >= 15 is 0 Å². The summed E-state index contributed by atoms with van der Waals surface area (Å²) in [5.74, 6) is 0.910. The number of aryl methyl sites for hydroxylation is 1. The van der Waals surface area contributed by atoms with Crippen molar-refractivity contribution in [3.05, 3.63) is 112 Å². The van der Waals surface area contributed by atoms with Crippen LogP contribution in [-0.2, 0) is 25.7 Å². The number of halogens is 3. The fourth-order valence-electron chi connectivity index (χ4n) is 4.53. The summed E-state index contributed by atoms with van der Waals surface area (Å²) >= 11 is 0. The van der Waals surface area contributed by atoms with Gasteiger partial charge in [-0.1, -0.05) is 48.5 Å². The van der Waals surface area contributed by atoms with Gasteiger partial charge in [0.2, 0.25) is 11.8 Å². The number of aromatic nitrogens is 2. The molecule has 0 saturated heterocycles. The molecule has 3 aromatic carbocycles. The van der Waals surface area contributed by atoms with Crippen molar-refractivity contribution in [2.45, 2.75) is 32.6 Å². The lowest BCUT2D eigenvalue weighted by Crippen LogP contribution is -2.37. The van der Waals surface area contributed by atoms with Crippen LogP contribution in [0, 0.1) is 6.92 Å². The maximum absolute atomic E-state index is 13.3. The first kappa shape index (κ1) is 26.2. The highest BCUT2D eigenvalue weighted by Gasteiger charge is 2.32. The third-order valence-corrected chi connectivity index (χ3v) is 6.54. The molecule has 6 nitrogen and oxygen atoms in total. The fourth-order valence-corrected chi connectivity index (χ4v) is 4.53.